The quantitative estimate of drug-likeness (QED) is 0.302. The Morgan fingerprint density at radius 2 is 2.00 bits per heavy atom. The van der Waals surface area contributed by atoms with Crippen molar-refractivity contribution in [1.82, 2.24) is 10.6 Å². The van der Waals surface area contributed by atoms with Crippen LogP contribution in [0.25, 0.3) is 0 Å². The van der Waals surface area contributed by atoms with Crippen LogP contribution < -0.4 is 10.6 Å². The maximum absolute atomic E-state index is 5.48. The Bertz CT molecular complexity index is 299. The lowest BCUT2D eigenvalue weighted by molar-refractivity contribution is 0.128. The van der Waals surface area contributed by atoms with E-state index < -0.39 is 0 Å². The van der Waals surface area contributed by atoms with Gasteiger partial charge in [0.2, 0.25) is 0 Å². The largest absolute Gasteiger partial charge is 0.382 e. The third kappa shape index (κ3) is 5.76. The maximum atomic E-state index is 5.48. The van der Waals surface area contributed by atoms with Gasteiger partial charge in [0, 0.05) is 32.8 Å². The predicted molar refractivity (Wildman–Crippen MR) is 94.9 cm³/mol. The summed E-state index contributed by atoms with van der Waals surface area (Å²) in [4.78, 5) is 4.34. The molecule has 118 valence electrons. The number of nitrogens with one attached hydrogen (secondary N) is 2. The summed E-state index contributed by atoms with van der Waals surface area (Å²) in [7, 11) is 1.87. The van der Waals surface area contributed by atoms with Crippen LogP contribution in [0.2, 0.25) is 0 Å². The van der Waals surface area contributed by atoms with Crippen molar-refractivity contribution in [2.45, 2.75) is 57.9 Å². The van der Waals surface area contributed by atoms with Gasteiger partial charge in [-0.05, 0) is 44.4 Å². The Morgan fingerprint density at radius 1 is 1.30 bits per heavy atom. The molecular formula is C15H30IN3O. The highest BCUT2D eigenvalue weighted by Gasteiger charge is 2.42. The van der Waals surface area contributed by atoms with Gasteiger partial charge in [-0.1, -0.05) is 12.8 Å². The van der Waals surface area contributed by atoms with Crippen molar-refractivity contribution in [3.8, 4) is 0 Å². The van der Waals surface area contributed by atoms with E-state index in [0.717, 1.165) is 25.7 Å². The molecule has 0 aromatic heterocycles. The number of aliphatic imine (C=N–C) groups is 1. The van der Waals surface area contributed by atoms with Crippen LogP contribution >= 0.6 is 24.0 Å². The van der Waals surface area contributed by atoms with Crippen molar-refractivity contribution in [1.29, 1.82) is 0 Å². The zero-order valence-electron chi connectivity index (χ0n) is 12.9. The molecule has 5 heteroatoms. The van der Waals surface area contributed by atoms with Crippen LogP contribution in [-0.2, 0) is 4.74 Å². The summed E-state index contributed by atoms with van der Waals surface area (Å²) in [5.74, 6) is 0.981. The Morgan fingerprint density at radius 3 is 2.55 bits per heavy atom. The molecule has 0 aromatic carbocycles. The average molecular weight is 395 g/mol. The average Bonchev–Trinajstić information content (AvgIpc) is 3.00. The van der Waals surface area contributed by atoms with Gasteiger partial charge in [-0.2, -0.15) is 0 Å². The van der Waals surface area contributed by atoms with Crippen LogP contribution in [0.4, 0.5) is 0 Å². The molecule has 2 aliphatic carbocycles. The van der Waals surface area contributed by atoms with Crippen LogP contribution in [0.15, 0.2) is 4.99 Å². The highest BCUT2D eigenvalue weighted by atomic mass is 127. The molecule has 0 unspecified atom stereocenters. The SMILES string of the molecule is CCOCCC1(CNC(=NC)NC2CCCC2)CC1.I. The minimum absolute atomic E-state index is 0. The third-order valence-electron chi connectivity index (χ3n) is 4.49. The van der Waals surface area contributed by atoms with Gasteiger partial charge in [-0.15, -0.1) is 24.0 Å². The summed E-state index contributed by atoms with van der Waals surface area (Å²) in [6.45, 7) is 4.82. The van der Waals surface area contributed by atoms with Crippen LogP contribution in [-0.4, -0.2) is 38.8 Å². The molecule has 0 atom stereocenters. The summed E-state index contributed by atoms with van der Waals surface area (Å²) >= 11 is 0. The van der Waals surface area contributed by atoms with Gasteiger partial charge in [0.05, 0.1) is 0 Å². The number of rotatable bonds is 7. The van der Waals surface area contributed by atoms with E-state index in [1.165, 1.54) is 44.9 Å². The maximum Gasteiger partial charge on any atom is 0.191 e. The monoisotopic (exact) mass is 395 g/mol. The molecular weight excluding hydrogens is 365 g/mol. The fraction of sp³-hybridized carbons (Fsp3) is 0.933. The van der Waals surface area contributed by atoms with E-state index in [-0.39, 0.29) is 24.0 Å². The van der Waals surface area contributed by atoms with Crippen molar-refractivity contribution in [3.05, 3.63) is 0 Å². The first kappa shape index (κ1) is 18.0. The first-order chi connectivity index (χ1) is 9.28. The van der Waals surface area contributed by atoms with Crippen molar-refractivity contribution in [3.63, 3.8) is 0 Å². The Kier molecular flexibility index (Phi) is 8.17. The zero-order valence-corrected chi connectivity index (χ0v) is 15.2. The summed E-state index contributed by atoms with van der Waals surface area (Å²) in [5, 5.41) is 7.05. The van der Waals surface area contributed by atoms with Crippen LogP contribution in [0.5, 0.6) is 0 Å². The fourth-order valence-electron chi connectivity index (χ4n) is 2.85. The van der Waals surface area contributed by atoms with E-state index in [4.69, 9.17) is 4.74 Å². The number of guanidine groups is 1. The highest BCUT2D eigenvalue weighted by Crippen LogP contribution is 2.48. The van der Waals surface area contributed by atoms with E-state index >= 15 is 0 Å². The molecule has 0 aromatic rings. The van der Waals surface area contributed by atoms with E-state index in [1.54, 1.807) is 0 Å². The lowest BCUT2D eigenvalue weighted by Gasteiger charge is -2.20. The molecule has 4 nitrogen and oxygen atoms in total. The Balaban J connectivity index is 0.00000200. The molecule has 0 aliphatic heterocycles. The molecule has 2 fully saturated rings. The Labute approximate surface area is 140 Å². The van der Waals surface area contributed by atoms with E-state index in [9.17, 15) is 0 Å². The van der Waals surface area contributed by atoms with Gasteiger partial charge in [0.1, 0.15) is 0 Å². The van der Waals surface area contributed by atoms with Crippen molar-refractivity contribution in [2.75, 3.05) is 26.8 Å². The van der Waals surface area contributed by atoms with Gasteiger partial charge >= 0.3 is 0 Å². The third-order valence-corrected chi connectivity index (χ3v) is 4.49. The molecule has 0 bridgehead atoms. The van der Waals surface area contributed by atoms with Crippen molar-refractivity contribution < 1.29 is 4.74 Å². The highest BCUT2D eigenvalue weighted by molar-refractivity contribution is 14.0. The van der Waals surface area contributed by atoms with E-state index in [1.807, 2.05) is 7.05 Å². The molecule has 0 spiro atoms. The minimum atomic E-state index is 0. The van der Waals surface area contributed by atoms with Crippen molar-refractivity contribution >= 4 is 29.9 Å². The second kappa shape index (κ2) is 9.07. The lowest BCUT2D eigenvalue weighted by Crippen LogP contribution is -2.44. The normalized spacial score (nSPS) is 21.4. The number of hydrogen-bond donors (Lipinski definition) is 2. The molecule has 20 heavy (non-hydrogen) atoms. The van der Waals surface area contributed by atoms with E-state index in [0.29, 0.717) is 11.5 Å². The number of hydrogen-bond acceptors (Lipinski definition) is 2. The molecule has 2 N–H and O–H groups in total. The molecule has 2 saturated carbocycles. The molecule has 0 amide bonds. The predicted octanol–water partition coefficient (Wildman–Crippen LogP) is 2.92. The first-order valence-electron chi connectivity index (χ1n) is 7.83. The first-order valence-corrected chi connectivity index (χ1v) is 7.83. The Hall–Kier alpha value is -0.0400. The number of nitrogens with zero attached hydrogens (tertiary/aromatic N) is 1. The van der Waals surface area contributed by atoms with Gasteiger partial charge in [0.25, 0.3) is 0 Å². The standard InChI is InChI=1S/C15H29N3O.HI/c1-3-19-11-10-15(8-9-15)12-17-14(16-2)18-13-6-4-5-7-13;/h13H,3-12H2,1-2H3,(H2,16,17,18);1H. The van der Waals surface area contributed by atoms with Gasteiger partial charge in [0.15, 0.2) is 5.96 Å². The second-order valence-corrected chi connectivity index (χ2v) is 6.00. The molecule has 0 radical (unpaired) electrons. The van der Waals surface area contributed by atoms with Crippen LogP contribution in [0, 0.1) is 5.41 Å². The number of halogens is 1. The zero-order chi connectivity index (χ0) is 13.6. The smallest absolute Gasteiger partial charge is 0.191 e. The van der Waals surface area contributed by atoms with Crippen LogP contribution in [0.1, 0.15) is 51.9 Å². The van der Waals surface area contributed by atoms with Gasteiger partial charge in [-0.3, -0.25) is 4.99 Å². The summed E-state index contributed by atoms with van der Waals surface area (Å²) in [6, 6.07) is 0.629. The summed E-state index contributed by atoms with van der Waals surface area (Å²) in [5.41, 5.74) is 0.475. The summed E-state index contributed by atoms with van der Waals surface area (Å²) in [6.07, 6.45) is 9.11. The number of ether oxygens (including phenoxy) is 1. The molecule has 2 rings (SSSR count). The fourth-order valence-corrected chi connectivity index (χ4v) is 2.85. The van der Waals surface area contributed by atoms with Crippen LogP contribution in [0.3, 0.4) is 0 Å². The second-order valence-electron chi connectivity index (χ2n) is 6.00. The molecule has 2 aliphatic rings. The van der Waals surface area contributed by atoms with Crippen molar-refractivity contribution in [2.24, 2.45) is 10.4 Å². The topological polar surface area (TPSA) is 45.6 Å². The molecule has 0 heterocycles. The van der Waals surface area contributed by atoms with Gasteiger partial charge < -0.3 is 15.4 Å². The minimum Gasteiger partial charge on any atom is -0.382 e. The summed E-state index contributed by atoms with van der Waals surface area (Å²) < 4.78 is 5.48. The van der Waals surface area contributed by atoms with Gasteiger partial charge in [-0.25, -0.2) is 0 Å². The van der Waals surface area contributed by atoms with E-state index in [2.05, 4.69) is 22.5 Å². The lowest BCUT2D eigenvalue weighted by atomic mass is 10.0. The molecule has 0 saturated heterocycles.